The molecule has 128 valence electrons. The molecule has 0 bridgehead atoms. The normalized spacial score (nSPS) is 12.3. The number of pyridine rings is 2. The lowest BCUT2D eigenvalue weighted by Crippen LogP contribution is -2.34. The number of benzene rings is 1. The van der Waals surface area contributed by atoms with E-state index in [4.69, 9.17) is 0 Å². The summed E-state index contributed by atoms with van der Waals surface area (Å²) < 4.78 is 0. The molecule has 2 aromatic heterocycles. The van der Waals surface area contributed by atoms with E-state index in [0.29, 0.717) is 5.56 Å². The topological polar surface area (TPSA) is 75.1 Å². The molecule has 1 unspecified atom stereocenters. The summed E-state index contributed by atoms with van der Waals surface area (Å²) in [5.41, 5.74) is 2.92. The number of amides is 1. The monoisotopic (exact) mass is 335 g/mol. The smallest absolute Gasteiger partial charge is 0.252 e. The predicted molar refractivity (Wildman–Crippen MR) is 98.2 cm³/mol. The highest BCUT2D eigenvalue weighted by Crippen LogP contribution is 2.24. The van der Waals surface area contributed by atoms with Gasteiger partial charge in [-0.3, -0.25) is 9.78 Å². The number of carbonyl (C=O) groups excluding carboxylic acids is 1. The van der Waals surface area contributed by atoms with Crippen molar-refractivity contribution in [1.29, 1.82) is 0 Å². The van der Waals surface area contributed by atoms with Crippen molar-refractivity contribution >= 4 is 16.8 Å². The molecule has 0 aliphatic carbocycles. The number of para-hydroxylation sites is 1. The van der Waals surface area contributed by atoms with Crippen molar-refractivity contribution in [2.75, 3.05) is 6.54 Å². The fourth-order valence-corrected chi connectivity index (χ4v) is 2.56. The van der Waals surface area contributed by atoms with Gasteiger partial charge in [-0.25, -0.2) is 4.98 Å². The van der Waals surface area contributed by atoms with E-state index in [1.54, 1.807) is 18.5 Å². The fourth-order valence-electron chi connectivity index (χ4n) is 2.56. The quantitative estimate of drug-likeness (QED) is 0.751. The van der Waals surface area contributed by atoms with Gasteiger partial charge < -0.3 is 10.4 Å². The van der Waals surface area contributed by atoms with Gasteiger partial charge in [0.25, 0.3) is 5.91 Å². The highest BCUT2D eigenvalue weighted by Gasteiger charge is 2.16. The van der Waals surface area contributed by atoms with Crippen molar-refractivity contribution in [3.63, 3.8) is 0 Å². The Hall–Kier alpha value is -2.79. The average Bonchev–Trinajstić information content (AvgIpc) is 2.65. The molecule has 1 atom stereocenters. The Labute approximate surface area is 146 Å². The van der Waals surface area contributed by atoms with Crippen molar-refractivity contribution in [3.05, 3.63) is 60.4 Å². The summed E-state index contributed by atoms with van der Waals surface area (Å²) >= 11 is 0. The number of carbonyl (C=O) groups is 1. The van der Waals surface area contributed by atoms with Gasteiger partial charge in [-0.15, -0.1) is 0 Å². The van der Waals surface area contributed by atoms with Crippen LogP contribution in [0.4, 0.5) is 0 Å². The van der Waals surface area contributed by atoms with Gasteiger partial charge in [0, 0.05) is 29.9 Å². The first-order chi connectivity index (χ1) is 12.1. The molecule has 1 amide bonds. The van der Waals surface area contributed by atoms with Crippen LogP contribution < -0.4 is 5.32 Å². The SMILES string of the molecule is CC(C)C(O)CNC(=O)c1cc(-c2ccncc2)nc2ccccc12. The molecule has 0 aliphatic heterocycles. The van der Waals surface area contributed by atoms with Crippen LogP contribution >= 0.6 is 0 Å². The zero-order chi connectivity index (χ0) is 17.8. The van der Waals surface area contributed by atoms with Crippen LogP contribution in [-0.2, 0) is 0 Å². The summed E-state index contributed by atoms with van der Waals surface area (Å²) in [6.07, 6.45) is 2.83. The lowest BCUT2D eigenvalue weighted by atomic mass is 10.0. The van der Waals surface area contributed by atoms with Crippen LogP contribution in [-0.4, -0.2) is 33.6 Å². The van der Waals surface area contributed by atoms with E-state index < -0.39 is 6.10 Å². The molecule has 0 spiro atoms. The van der Waals surface area contributed by atoms with E-state index in [1.165, 1.54) is 0 Å². The van der Waals surface area contributed by atoms with Crippen molar-refractivity contribution < 1.29 is 9.90 Å². The van der Waals surface area contributed by atoms with E-state index in [1.807, 2.05) is 50.2 Å². The number of aromatic nitrogens is 2. The second-order valence-corrected chi connectivity index (χ2v) is 6.33. The third-order valence-electron chi connectivity index (χ3n) is 4.18. The van der Waals surface area contributed by atoms with Crippen LogP contribution in [0.5, 0.6) is 0 Å². The molecule has 1 aromatic carbocycles. The van der Waals surface area contributed by atoms with Gasteiger partial charge in [0.15, 0.2) is 0 Å². The minimum atomic E-state index is -0.572. The number of aliphatic hydroxyl groups is 1. The van der Waals surface area contributed by atoms with Crippen LogP contribution in [0.25, 0.3) is 22.2 Å². The van der Waals surface area contributed by atoms with E-state index in [0.717, 1.165) is 22.2 Å². The molecule has 0 saturated carbocycles. The Kier molecular flexibility index (Phi) is 5.05. The molecule has 0 aliphatic rings. The van der Waals surface area contributed by atoms with Gasteiger partial charge in [0.2, 0.25) is 0 Å². The van der Waals surface area contributed by atoms with Crippen molar-refractivity contribution in [1.82, 2.24) is 15.3 Å². The van der Waals surface area contributed by atoms with E-state index in [9.17, 15) is 9.90 Å². The number of nitrogens with zero attached hydrogens (tertiary/aromatic N) is 2. The summed E-state index contributed by atoms with van der Waals surface area (Å²) in [7, 11) is 0. The first-order valence-corrected chi connectivity index (χ1v) is 8.32. The minimum absolute atomic E-state index is 0.0851. The number of nitrogens with one attached hydrogen (secondary N) is 1. The highest BCUT2D eigenvalue weighted by molar-refractivity contribution is 6.07. The van der Waals surface area contributed by atoms with Crippen LogP contribution in [0.2, 0.25) is 0 Å². The first kappa shape index (κ1) is 17.0. The van der Waals surface area contributed by atoms with Gasteiger partial charge in [-0.05, 0) is 30.2 Å². The van der Waals surface area contributed by atoms with Crippen molar-refractivity contribution in [2.24, 2.45) is 5.92 Å². The predicted octanol–water partition coefficient (Wildman–Crippen LogP) is 3.04. The highest BCUT2D eigenvalue weighted by atomic mass is 16.3. The molecule has 2 heterocycles. The van der Waals surface area contributed by atoms with E-state index >= 15 is 0 Å². The Morgan fingerprint density at radius 1 is 1.16 bits per heavy atom. The Balaban J connectivity index is 1.99. The molecule has 0 radical (unpaired) electrons. The first-order valence-electron chi connectivity index (χ1n) is 8.32. The van der Waals surface area contributed by atoms with Gasteiger partial charge in [-0.2, -0.15) is 0 Å². The fraction of sp³-hybridized carbons (Fsp3) is 0.250. The molecule has 2 N–H and O–H groups in total. The third kappa shape index (κ3) is 3.83. The Bertz CT molecular complexity index is 879. The number of hydrogen-bond donors (Lipinski definition) is 2. The maximum atomic E-state index is 12.7. The van der Waals surface area contributed by atoms with Crippen LogP contribution in [0.3, 0.4) is 0 Å². The summed E-state index contributed by atoms with van der Waals surface area (Å²) in [6, 6.07) is 13.1. The summed E-state index contributed by atoms with van der Waals surface area (Å²) in [5.74, 6) is -0.129. The largest absolute Gasteiger partial charge is 0.391 e. The molecular weight excluding hydrogens is 314 g/mol. The number of fused-ring (bicyclic) bond motifs is 1. The second kappa shape index (κ2) is 7.40. The van der Waals surface area contributed by atoms with Crippen LogP contribution in [0.15, 0.2) is 54.9 Å². The summed E-state index contributed by atoms with van der Waals surface area (Å²) in [6.45, 7) is 4.05. The zero-order valence-corrected chi connectivity index (χ0v) is 14.3. The van der Waals surface area contributed by atoms with Gasteiger partial charge in [0.05, 0.1) is 22.9 Å². The number of rotatable bonds is 5. The van der Waals surface area contributed by atoms with Crippen LogP contribution in [0.1, 0.15) is 24.2 Å². The minimum Gasteiger partial charge on any atom is -0.391 e. The third-order valence-corrected chi connectivity index (χ3v) is 4.18. The molecule has 0 saturated heterocycles. The van der Waals surface area contributed by atoms with E-state index in [-0.39, 0.29) is 18.4 Å². The Morgan fingerprint density at radius 2 is 1.88 bits per heavy atom. The molecular formula is C20H21N3O2. The standard InChI is InChI=1S/C20H21N3O2/c1-13(2)19(24)12-22-20(25)16-11-18(14-7-9-21-10-8-14)23-17-6-4-3-5-15(16)17/h3-11,13,19,24H,12H2,1-2H3,(H,22,25). The maximum Gasteiger partial charge on any atom is 0.252 e. The summed E-state index contributed by atoms with van der Waals surface area (Å²) in [5, 5.41) is 13.5. The van der Waals surface area contributed by atoms with Crippen LogP contribution in [0, 0.1) is 5.92 Å². The lowest BCUT2D eigenvalue weighted by Gasteiger charge is -2.16. The van der Waals surface area contributed by atoms with Gasteiger partial charge in [0.1, 0.15) is 0 Å². The van der Waals surface area contributed by atoms with Crippen molar-refractivity contribution in [2.45, 2.75) is 20.0 Å². The van der Waals surface area contributed by atoms with Gasteiger partial charge in [-0.1, -0.05) is 32.0 Å². The average molecular weight is 335 g/mol. The van der Waals surface area contributed by atoms with Gasteiger partial charge >= 0.3 is 0 Å². The molecule has 3 aromatic rings. The van der Waals surface area contributed by atoms with Crippen molar-refractivity contribution in [3.8, 4) is 11.3 Å². The molecule has 5 heteroatoms. The molecule has 0 fully saturated rings. The number of aliphatic hydroxyl groups excluding tert-OH is 1. The molecule has 25 heavy (non-hydrogen) atoms. The second-order valence-electron chi connectivity index (χ2n) is 6.33. The van der Waals surface area contributed by atoms with E-state index in [2.05, 4.69) is 15.3 Å². The molecule has 5 nitrogen and oxygen atoms in total. The summed E-state index contributed by atoms with van der Waals surface area (Å²) in [4.78, 5) is 21.4. The molecule has 3 rings (SSSR count). The maximum absolute atomic E-state index is 12.7. The lowest BCUT2D eigenvalue weighted by molar-refractivity contribution is 0.0873. The zero-order valence-electron chi connectivity index (χ0n) is 14.3. The Morgan fingerprint density at radius 3 is 2.60 bits per heavy atom. The number of hydrogen-bond acceptors (Lipinski definition) is 4.